The highest BCUT2D eigenvalue weighted by Gasteiger charge is 2.46. The molecular weight excluding hydrogens is 795 g/mol. The summed E-state index contributed by atoms with van der Waals surface area (Å²) in [5.74, 6) is 0. The normalized spacial score (nSPS) is 13.2. The minimum absolute atomic E-state index is 0.0979. The van der Waals surface area contributed by atoms with Gasteiger partial charge in [0.2, 0.25) is 0 Å². The molecule has 1 aliphatic carbocycles. The molecule has 0 N–H and O–H groups in total. The fourth-order valence-corrected chi connectivity index (χ4v) is 10.2. The quantitative estimate of drug-likeness (QED) is 0.140. The Morgan fingerprint density at radius 2 is 0.788 bits per heavy atom. The van der Waals surface area contributed by atoms with E-state index in [2.05, 4.69) is 164 Å². The number of nitrogens with zero attached hydrogens (tertiary/aromatic N) is 1. The lowest BCUT2D eigenvalue weighted by molar-refractivity contribution is 0.768. The zero-order chi connectivity index (χ0) is 47.3. The van der Waals surface area contributed by atoms with E-state index in [9.17, 15) is 5.48 Å². The van der Waals surface area contributed by atoms with Crippen molar-refractivity contribution in [2.45, 2.75) is 5.41 Å². The highest BCUT2D eigenvalue weighted by atomic mass is 15.1. The molecule has 11 aromatic rings. The molecule has 0 amide bonds. The van der Waals surface area contributed by atoms with Crippen molar-refractivity contribution in [2.24, 2.45) is 0 Å². The van der Waals surface area contributed by atoms with Crippen molar-refractivity contribution < 1.29 is 5.48 Å². The van der Waals surface area contributed by atoms with Gasteiger partial charge in [0.05, 0.1) is 10.9 Å². The molecule has 0 atom stereocenters. The highest BCUT2D eigenvalue weighted by Crippen LogP contribution is 2.58. The number of benzene rings is 11. The van der Waals surface area contributed by atoms with Gasteiger partial charge in [-0.3, -0.25) is 0 Å². The summed E-state index contributed by atoms with van der Waals surface area (Å²) < 4.78 is 38.8. The Bertz CT molecular complexity index is 3670. The zero-order valence-corrected chi connectivity index (χ0v) is 36.1. The van der Waals surface area contributed by atoms with Crippen LogP contribution in [0.1, 0.15) is 27.7 Å². The number of rotatable bonds is 9. The molecule has 0 heterocycles. The fraction of sp³-hybridized carbons (Fsp3) is 0.0154. The monoisotopic (exact) mass is 843 g/mol. The molecule has 0 fully saturated rings. The lowest BCUT2D eigenvalue weighted by atomic mass is 9.67. The number of anilines is 3. The Kier molecular flexibility index (Phi) is 8.75. The van der Waals surface area contributed by atoms with Crippen LogP contribution in [0.4, 0.5) is 17.1 Å². The van der Waals surface area contributed by atoms with Gasteiger partial charge in [-0.2, -0.15) is 0 Å². The van der Waals surface area contributed by atoms with E-state index >= 15 is 0 Å². The molecule has 0 unspecified atom stereocenters. The summed E-state index contributed by atoms with van der Waals surface area (Å²) in [6.45, 7) is 0. The Morgan fingerprint density at radius 3 is 1.48 bits per heavy atom. The second kappa shape index (κ2) is 16.6. The predicted molar refractivity (Wildman–Crippen MR) is 278 cm³/mol. The highest BCUT2D eigenvalue weighted by molar-refractivity contribution is 5.98. The first-order valence-electron chi connectivity index (χ1n) is 24.5. The van der Waals surface area contributed by atoms with E-state index in [0.717, 1.165) is 49.7 Å². The summed E-state index contributed by atoms with van der Waals surface area (Å²) in [6.07, 6.45) is 0. The van der Waals surface area contributed by atoms with Crippen LogP contribution in [0, 0.1) is 0 Å². The predicted octanol–water partition coefficient (Wildman–Crippen LogP) is 17.3. The van der Waals surface area contributed by atoms with Gasteiger partial charge in [-0.25, -0.2) is 0 Å². The van der Waals surface area contributed by atoms with Crippen molar-refractivity contribution in [3.8, 4) is 55.6 Å². The van der Waals surface area contributed by atoms with E-state index in [-0.39, 0.29) is 35.4 Å². The van der Waals surface area contributed by atoms with Gasteiger partial charge in [0, 0.05) is 17.1 Å². The standard InChI is InChI=1S/C65H45N/c1-4-17-46(18-5-1)47-33-35-48(36-34-47)49-37-41-55(42-38-49)66(56-43-39-51(40-44-56)59-29-15-20-50-19-10-11-27-58(50)59)57-26-14-21-52(45-57)60-30-16-32-63-64(60)61-28-12-13-31-62(61)65(63,53-22-6-2-7-23-53)54-24-8-3-9-25-54/h1-45H/i39D,40D,43D,44D. The van der Waals surface area contributed by atoms with E-state index in [1.165, 1.54) is 27.8 Å². The Morgan fingerprint density at radius 1 is 0.303 bits per heavy atom. The van der Waals surface area contributed by atoms with Crippen LogP contribution in [0.2, 0.25) is 0 Å². The van der Waals surface area contributed by atoms with E-state index < -0.39 is 5.41 Å². The van der Waals surface area contributed by atoms with E-state index in [1.807, 2.05) is 89.8 Å². The molecular formula is C65H45N. The lowest BCUT2D eigenvalue weighted by Gasteiger charge is -2.34. The number of fused-ring (bicyclic) bond motifs is 4. The molecule has 1 heteroatoms. The smallest absolute Gasteiger partial charge is 0.0713 e. The maximum Gasteiger partial charge on any atom is 0.0713 e. The van der Waals surface area contributed by atoms with E-state index in [1.54, 1.807) is 0 Å². The Labute approximate surface area is 392 Å². The third-order valence-electron chi connectivity index (χ3n) is 13.2. The van der Waals surface area contributed by atoms with Crippen molar-refractivity contribution in [2.75, 3.05) is 4.90 Å². The van der Waals surface area contributed by atoms with Gasteiger partial charge in [-0.05, 0) is 125 Å². The first kappa shape index (κ1) is 34.9. The average Bonchev–Trinajstić information content (AvgIpc) is 3.74. The van der Waals surface area contributed by atoms with Crippen LogP contribution < -0.4 is 4.90 Å². The van der Waals surface area contributed by atoms with Gasteiger partial charge in [0.25, 0.3) is 0 Å². The molecule has 310 valence electrons. The molecule has 12 rings (SSSR count). The molecule has 1 nitrogen and oxygen atoms in total. The molecule has 1 aliphatic rings. The van der Waals surface area contributed by atoms with Crippen LogP contribution in [-0.4, -0.2) is 0 Å². The molecule has 66 heavy (non-hydrogen) atoms. The van der Waals surface area contributed by atoms with Crippen molar-refractivity contribution in [3.05, 3.63) is 295 Å². The molecule has 0 saturated carbocycles. The molecule has 0 spiro atoms. The van der Waals surface area contributed by atoms with Crippen LogP contribution >= 0.6 is 0 Å². The second-order valence-electron chi connectivity index (χ2n) is 16.9. The largest absolute Gasteiger partial charge is 0.310 e. The van der Waals surface area contributed by atoms with Crippen LogP contribution in [0.25, 0.3) is 66.4 Å². The molecule has 0 bridgehead atoms. The SMILES string of the molecule is [2H]c1c([2H])c(N(c2ccc(-c3ccc(-c4ccccc4)cc3)cc2)c2cccc(-c3cccc4c3-c3ccccc3C4(c3ccccc3)c3ccccc3)c2)c([2H])c([2H])c1-c1cccc2ccccc12. The van der Waals surface area contributed by atoms with Crippen molar-refractivity contribution in [1.29, 1.82) is 0 Å². The lowest BCUT2D eigenvalue weighted by Crippen LogP contribution is -2.28. The van der Waals surface area contributed by atoms with Gasteiger partial charge in [-0.15, -0.1) is 0 Å². The third kappa shape index (κ3) is 6.64. The van der Waals surface area contributed by atoms with Crippen molar-refractivity contribution in [1.82, 2.24) is 0 Å². The maximum atomic E-state index is 9.80. The summed E-state index contributed by atoms with van der Waals surface area (Å²) in [4.78, 5) is 1.90. The molecule has 0 radical (unpaired) electrons. The van der Waals surface area contributed by atoms with Crippen LogP contribution in [0.5, 0.6) is 0 Å². The third-order valence-corrected chi connectivity index (χ3v) is 13.2. The van der Waals surface area contributed by atoms with Gasteiger partial charge in [0.1, 0.15) is 0 Å². The summed E-state index contributed by atoms with van der Waals surface area (Å²) in [5.41, 5.74) is 15.5. The molecule has 0 aromatic heterocycles. The Balaban J connectivity index is 1.04. The fourth-order valence-electron chi connectivity index (χ4n) is 10.2. The summed E-state index contributed by atoms with van der Waals surface area (Å²) in [7, 11) is 0. The number of hydrogen-bond donors (Lipinski definition) is 0. The van der Waals surface area contributed by atoms with Crippen LogP contribution in [0.15, 0.2) is 273 Å². The first-order chi connectivity index (χ1) is 34.4. The van der Waals surface area contributed by atoms with Crippen molar-refractivity contribution in [3.63, 3.8) is 0 Å². The van der Waals surface area contributed by atoms with Gasteiger partial charge < -0.3 is 4.90 Å². The van der Waals surface area contributed by atoms with Crippen LogP contribution in [0.3, 0.4) is 0 Å². The van der Waals surface area contributed by atoms with Gasteiger partial charge in [0.15, 0.2) is 0 Å². The van der Waals surface area contributed by atoms with E-state index in [4.69, 9.17) is 0 Å². The minimum atomic E-state index is -0.571. The Hall–Kier alpha value is -8.52. The van der Waals surface area contributed by atoms with Crippen LogP contribution in [-0.2, 0) is 5.41 Å². The number of hydrogen-bond acceptors (Lipinski definition) is 1. The topological polar surface area (TPSA) is 3.24 Å². The summed E-state index contributed by atoms with van der Waals surface area (Å²) in [6, 6.07) is 85.5. The second-order valence-corrected chi connectivity index (χ2v) is 16.9. The zero-order valence-electron chi connectivity index (χ0n) is 40.1. The molecule has 0 aliphatic heterocycles. The van der Waals surface area contributed by atoms with Gasteiger partial charge >= 0.3 is 0 Å². The molecule has 0 saturated heterocycles. The maximum absolute atomic E-state index is 9.80. The first-order valence-corrected chi connectivity index (χ1v) is 22.5. The van der Waals surface area contributed by atoms with Crippen molar-refractivity contribution >= 4 is 27.8 Å². The van der Waals surface area contributed by atoms with E-state index in [0.29, 0.717) is 16.9 Å². The molecule has 11 aromatic carbocycles. The van der Waals surface area contributed by atoms with Gasteiger partial charge in [-0.1, -0.05) is 237 Å². The summed E-state index contributed by atoms with van der Waals surface area (Å²) in [5, 5.41) is 1.84. The minimum Gasteiger partial charge on any atom is -0.310 e. The summed E-state index contributed by atoms with van der Waals surface area (Å²) >= 11 is 0. The average molecular weight is 844 g/mol.